The van der Waals surface area contributed by atoms with Crippen molar-refractivity contribution in [2.75, 3.05) is 13.2 Å². The van der Waals surface area contributed by atoms with Crippen LogP contribution in [0.3, 0.4) is 0 Å². The Kier molecular flexibility index (Phi) is 1.66. The number of hydrogen-bond acceptors (Lipinski definition) is 3. The van der Waals surface area contributed by atoms with Gasteiger partial charge in [-0.2, -0.15) is 0 Å². The molecular formula is C8H11NO3. The van der Waals surface area contributed by atoms with Gasteiger partial charge in [-0.05, 0) is 5.57 Å². The lowest BCUT2D eigenvalue weighted by atomic mass is 10.1. The third-order valence-electron chi connectivity index (χ3n) is 2.52. The van der Waals surface area contributed by atoms with E-state index in [2.05, 4.69) is 0 Å². The molecule has 0 aromatic heterocycles. The van der Waals surface area contributed by atoms with Gasteiger partial charge in [0.05, 0.1) is 25.2 Å². The Morgan fingerprint density at radius 2 is 2.42 bits per heavy atom. The second kappa shape index (κ2) is 2.57. The van der Waals surface area contributed by atoms with E-state index in [4.69, 9.17) is 5.11 Å². The number of carbonyl (C=O) groups is 1. The van der Waals surface area contributed by atoms with Crippen LogP contribution >= 0.6 is 0 Å². The van der Waals surface area contributed by atoms with Crippen LogP contribution in [-0.4, -0.2) is 46.3 Å². The fourth-order valence-corrected chi connectivity index (χ4v) is 1.93. The van der Waals surface area contributed by atoms with E-state index in [9.17, 15) is 9.90 Å². The third kappa shape index (κ3) is 0.884. The summed E-state index contributed by atoms with van der Waals surface area (Å²) in [4.78, 5) is 12.8. The van der Waals surface area contributed by atoms with Crippen molar-refractivity contribution >= 4 is 5.91 Å². The summed E-state index contributed by atoms with van der Waals surface area (Å²) in [7, 11) is 0. The molecule has 0 saturated carbocycles. The van der Waals surface area contributed by atoms with Gasteiger partial charge in [0, 0.05) is 6.54 Å². The van der Waals surface area contributed by atoms with Crippen molar-refractivity contribution in [2.24, 2.45) is 0 Å². The largest absolute Gasteiger partial charge is 0.392 e. The third-order valence-corrected chi connectivity index (χ3v) is 2.52. The zero-order chi connectivity index (χ0) is 8.72. The van der Waals surface area contributed by atoms with Gasteiger partial charge in [0.1, 0.15) is 0 Å². The van der Waals surface area contributed by atoms with Crippen LogP contribution < -0.4 is 0 Å². The highest BCUT2D eigenvalue weighted by Gasteiger charge is 2.42. The predicted molar refractivity (Wildman–Crippen MR) is 41.3 cm³/mol. The minimum Gasteiger partial charge on any atom is -0.392 e. The molecule has 0 bridgehead atoms. The quantitative estimate of drug-likeness (QED) is 0.489. The molecule has 2 heterocycles. The molecule has 2 aliphatic rings. The summed E-state index contributed by atoms with van der Waals surface area (Å²) in [5.74, 6) is -0.0211. The van der Waals surface area contributed by atoms with Gasteiger partial charge in [0.15, 0.2) is 0 Å². The van der Waals surface area contributed by atoms with E-state index in [1.807, 2.05) is 6.08 Å². The van der Waals surface area contributed by atoms with Gasteiger partial charge in [-0.15, -0.1) is 0 Å². The lowest BCUT2D eigenvalue weighted by molar-refractivity contribution is -0.127. The molecule has 2 N–H and O–H groups in total. The van der Waals surface area contributed by atoms with Crippen LogP contribution in [0.15, 0.2) is 11.6 Å². The number of hydrogen-bond donors (Lipinski definition) is 2. The van der Waals surface area contributed by atoms with E-state index >= 15 is 0 Å². The maximum absolute atomic E-state index is 11.2. The highest BCUT2D eigenvalue weighted by Crippen LogP contribution is 2.29. The molecule has 4 heteroatoms. The summed E-state index contributed by atoms with van der Waals surface area (Å²) in [6.45, 7) is 0.474. The van der Waals surface area contributed by atoms with E-state index in [0.29, 0.717) is 6.54 Å². The maximum atomic E-state index is 11.2. The van der Waals surface area contributed by atoms with E-state index < -0.39 is 6.10 Å². The SMILES string of the molecule is O=C1CC(O)C2C(CO)=CCN12. The van der Waals surface area contributed by atoms with E-state index in [-0.39, 0.29) is 25.0 Å². The van der Waals surface area contributed by atoms with Crippen molar-refractivity contribution in [1.82, 2.24) is 4.90 Å². The van der Waals surface area contributed by atoms with Crippen molar-refractivity contribution < 1.29 is 15.0 Å². The first-order chi connectivity index (χ1) is 5.74. The van der Waals surface area contributed by atoms with E-state index in [1.165, 1.54) is 0 Å². The molecule has 1 saturated heterocycles. The number of amides is 1. The topological polar surface area (TPSA) is 60.8 Å². The molecule has 2 aliphatic heterocycles. The summed E-state index contributed by atoms with van der Waals surface area (Å²) in [5.41, 5.74) is 0.772. The lowest BCUT2D eigenvalue weighted by Gasteiger charge is -2.19. The normalized spacial score (nSPS) is 34.0. The van der Waals surface area contributed by atoms with Gasteiger partial charge in [0.2, 0.25) is 5.91 Å². The Morgan fingerprint density at radius 1 is 1.67 bits per heavy atom. The fourth-order valence-electron chi connectivity index (χ4n) is 1.93. The highest BCUT2D eigenvalue weighted by molar-refractivity contribution is 5.81. The number of fused-ring (bicyclic) bond motifs is 1. The summed E-state index contributed by atoms with van der Waals surface area (Å²) in [5, 5.41) is 18.4. The number of carbonyl (C=O) groups excluding carboxylic acids is 1. The molecule has 0 aliphatic carbocycles. The molecule has 0 radical (unpaired) electrons. The smallest absolute Gasteiger partial charge is 0.226 e. The highest BCUT2D eigenvalue weighted by atomic mass is 16.3. The molecule has 1 fully saturated rings. The minimum absolute atomic E-state index is 0.0211. The van der Waals surface area contributed by atoms with Gasteiger partial charge < -0.3 is 15.1 Å². The lowest BCUT2D eigenvalue weighted by Crippen LogP contribution is -2.34. The molecule has 66 valence electrons. The summed E-state index contributed by atoms with van der Waals surface area (Å²) in [6.07, 6.45) is 1.38. The van der Waals surface area contributed by atoms with Crippen LogP contribution in [0.5, 0.6) is 0 Å². The number of rotatable bonds is 1. The Morgan fingerprint density at radius 3 is 3.08 bits per heavy atom. The van der Waals surface area contributed by atoms with Gasteiger partial charge in [0.25, 0.3) is 0 Å². The maximum Gasteiger partial charge on any atom is 0.226 e. The molecule has 2 rings (SSSR count). The Balaban J connectivity index is 2.23. The van der Waals surface area contributed by atoms with Crippen LogP contribution in [0, 0.1) is 0 Å². The molecule has 0 spiro atoms. The average molecular weight is 169 g/mol. The van der Waals surface area contributed by atoms with Crippen LogP contribution in [0.2, 0.25) is 0 Å². The number of aliphatic hydroxyl groups is 2. The van der Waals surface area contributed by atoms with Crippen LogP contribution in [-0.2, 0) is 4.79 Å². The van der Waals surface area contributed by atoms with Crippen LogP contribution in [0.4, 0.5) is 0 Å². The average Bonchev–Trinajstić information content (AvgIpc) is 2.55. The predicted octanol–water partition coefficient (Wildman–Crippen LogP) is -1.12. The summed E-state index contributed by atoms with van der Waals surface area (Å²) < 4.78 is 0. The first kappa shape index (κ1) is 7.76. The van der Waals surface area contributed by atoms with Gasteiger partial charge in [-0.1, -0.05) is 6.08 Å². The first-order valence-corrected chi connectivity index (χ1v) is 4.01. The van der Waals surface area contributed by atoms with Crippen molar-refractivity contribution in [3.8, 4) is 0 Å². The monoisotopic (exact) mass is 169 g/mol. The Bertz CT molecular complexity index is 249. The second-order valence-corrected chi connectivity index (χ2v) is 3.20. The molecule has 1 amide bonds. The second-order valence-electron chi connectivity index (χ2n) is 3.20. The van der Waals surface area contributed by atoms with E-state index in [0.717, 1.165) is 5.57 Å². The molecule has 2 atom stereocenters. The molecular weight excluding hydrogens is 158 g/mol. The van der Waals surface area contributed by atoms with Crippen molar-refractivity contribution in [1.29, 1.82) is 0 Å². The van der Waals surface area contributed by atoms with Crippen molar-refractivity contribution in [3.05, 3.63) is 11.6 Å². The first-order valence-electron chi connectivity index (χ1n) is 4.01. The zero-order valence-electron chi connectivity index (χ0n) is 6.60. The minimum atomic E-state index is -0.626. The van der Waals surface area contributed by atoms with Gasteiger partial charge in [-0.25, -0.2) is 0 Å². The molecule has 4 nitrogen and oxygen atoms in total. The summed E-state index contributed by atoms with van der Waals surface area (Å²) in [6, 6.07) is -0.248. The number of nitrogens with zero attached hydrogens (tertiary/aromatic N) is 1. The van der Waals surface area contributed by atoms with Gasteiger partial charge >= 0.3 is 0 Å². The van der Waals surface area contributed by atoms with Gasteiger partial charge in [-0.3, -0.25) is 4.79 Å². The van der Waals surface area contributed by atoms with E-state index in [1.54, 1.807) is 4.90 Å². The van der Waals surface area contributed by atoms with Crippen LogP contribution in [0.25, 0.3) is 0 Å². The van der Waals surface area contributed by atoms with Crippen LogP contribution in [0.1, 0.15) is 6.42 Å². The Hall–Kier alpha value is -0.870. The molecule has 0 aromatic carbocycles. The molecule has 12 heavy (non-hydrogen) atoms. The summed E-state index contributed by atoms with van der Waals surface area (Å²) >= 11 is 0. The molecule has 0 aromatic rings. The number of aliphatic hydroxyl groups excluding tert-OH is 2. The Labute approximate surface area is 70.1 Å². The van der Waals surface area contributed by atoms with Crippen molar-refractivity contribution in [2.45, 2.75) is 18.6 Å². The standard InChI is InChI=1S/C8H11NO3/c10-4-5-1-2-9-7(12)3-6(11)8(5)9/h1,6,8,10-11H,2-4H2. The molecule has 2 unspecified atom stereocenters. The van der Waals surface area contributed by atoms with Crippen molar-refractivity contribution in [3.63, 3.8) is 0 Å². The fraction of sp³-hybridized carbons (Fsp3) is 0.625. The zero-order valence-corrected chi connectivity index (χ0v) is 6.60.